The van der Waals surface area contributed by atoms with Gasteiger partial charge in [-0.15, -0.1) is 0 Å². The number of rotatable bonds is 6. The van der Waals surface area contributed by atoms with Crippen LogP contribution < -0.4 is 15.9 Å². The van der Waals surface area contributed by atoms with Gasteiger partial charge in [-0.2, -0.15) is 5.26 Å². The van der Waals surface area contributed by atoms with Gasteiger partial charge < -0.3 is 15.9 Å². The van der Waals surface area contributed by atoms with Crippen molar-refractivity contribution in [2.24, 2.45) is 0 Å². The lowest BCUT2D eigenvalue weighted by molar-refractivity contribution is 0.112. The zero-order valence-electron chi connectivity index (χ0n) is 16.3. The number of anilines is 1. The molecule has 0 aliphatic heterocycles. The molecule has 1 aromatic carbocycles. The molecule has 6 nitrogen and oxygen atoms in total. The first-order chi connectivity index (χ1) is 14.0. The molecule has 0 bridgehead atoms. The van der Waals surface area contributed by atoms with Crippen LogP contribution in [0.5, 0.6) is 5.75 Å². The molecule has 0 fully saturated rings. The van der Waals surface area contributed by atoms with Crippen molar-refractivity contribution in [1.29, 1.82) is 5.26 Å². The molecule has 0 unspecified atom stereocenters. The molecule has 2 aromatic rings. The van der Waals surface area contributed by atoms with E-state index in [2.05, 4.69) is 11.4 Å². The smallest absolute Gasteiger partial charge is 0.151 e. The molecule has 0 spiro atoms. The fraction of sp³-hybridized carbons (Fsp3) is 0.130. The number of nitrogens with one attached hydrogen (secondary N) is 1. The number of carbonyl (C=O) groups excluding carboxylic acids is 1. The standard InChI is InChI=1S/C23H22N4O2/c1-16(13-24)22(23-17(2)18(15-28)14-27(23)25)26-19-9-11-21(12-10-19)29-20-7-5-3-4-6-8-20/h3-7,9-12,14-15,26H,8,25H2,1-2H3/b22-16-. The Morgan fingerprint density at radius 1 is 1.28 bits per heavy atom. The van der Waals surface area contributed by atoms with Crippen molar-refractivity contribution in [3.05, 3.63) is 89.0 Å². The number of carbonyl (C=O) groups is 1. The summed E-state index contributed by atoms with van der Waals surface area (Å²) in [5.74, 6) is 7.62. The molecule has 0 radical (unpaired) electrons. The zero-order valence-corrected chi connectivity index (χ0v) is 16.3. The number of hydrogen-bond donors (Lipinski definition) is 2. The van der Waals surface area contributed by atoms with Gasteiger partial charge in [0.05, 0.1) is 23.0 Å². The molecule has 0 saturated carbocycles. The van der Waals surface area contributed by atoms with Crippen LogP contribution in [0, 0.1) is 18.3 Å². The largest absolute Gasteiger partial charge is 0.461 e. The summed E-state index contributed by atoms with van der Waals surface area (Å²) in [6.45, 7) is 3.50. The number of aromatic nitrogens is 1. The summed E-state index contributed by atoms with van der Waals surface area (Å²) in [6.07, 6.45) is 12.9. The van der Waals surface area contributed by atoms with E-state index in [-0.39, 0.29) is 0 Å². The Bertz CT molecular complexity index is 1080. The number of ether oxygens (including phenoxy) is 1. The highest BCUT2D eigenvalue weighted by Crippen LogP contribution is 2.28. The van der Waals surface area contributed by atoms with Crippen LogP contribution in [0.3, 0.4) is 0 Å². The summed E-state index contributed by atoms with van der Waals surface area (Å²) in [4.78, 5) is 11.2. The Morgan fingerprint density at radius 2 is 2.03 bits per heavy atom. The van der Waals surface area contributed by atoms with E-state index >= 15 is 0 Å². The molecule has 1 heterocycles. The number of nitrogens with zero attached hydrogens (tertiary/aromatic N) is 2. The number of aldehydes is 1. The first-order valence-corrected chi connectivity index (χ1v) is 9.14. The van der Waals surface area contributed by atoms with Crippen LogP contribution in [0.2, 0.25) is 0 Å². The Balaban J connectivity index is 1.85. The zero-order chi connectivity index (χ0) is 20.8. The van der Waals surface area contributed by atoms with Gasteiger partial charge in [0.2, 0.25) is 0 Å². The summed E-state index contributed by atoms with van der Waals surface area (Å²) < 4.78 is 7.27. The van der Waals surface area contributed by atoms with Gasteiger partial charge in [0.1, 0.15) is 11.5 Å². The highest BCUT2D eigenvalue weighted by atomic mass is 16.5. The number of benzene rings is 1. The highest BCUT2D eigenvalue weighted by Gasteiger charge is 2.17. The van der Waals surface area contributed by atoms with Crippen LogP contribution in [0.25, 0.3) is 5.70 Å². The quantitative estimate of drug-likeness (QED) is 0.434. The fourth-order valence-electron chi connectivity index (χ4n) is 3.00. The molecule has 1 aliphatic carbocycles. The number of nitrogen functional groups attached to an aromatic ring is 1. The second-order valence-electron chi connectivity index (χ2n) is 6.60. The maximum absolute atomic E-state index is 11.2. The Morgan fingerprint density at radius 3 is 2.69 bits per heavy atom. The molecule has 1 aromatic heterocycles. The number of nitriles is 1. The van der Waals surface area contributed by atoms with Crippen LogP contribution in [0.15, 0.2) is 72.2 Å². The monoisotopic (exact) mass is 386 g/mol. The lowest BCUT2D eigenvalue weighted by Gasteiger charge is -2.15. The van der Waals surface area contributed by atoms with Gasteiger partial charge in [-0.05, 0) is 49.8 Å². The molecule has 146 valence electrons. The minimum Gasteiger partial charge on any atom is -0.461 e. The summed E-state index contributed by atoms with van der Waals surface area (Å²) in [7, 11) is 0. The van der Waals surface area contributed by atoms with Crippen LogP contribution in [-0.2, 0) is 0 Å². The Kier molecular flexibility index (Phi) is 6.00. The van der Waals surface area contributed by atoms with Crippen LogP contribution in [0.1, 0.15) is 35.0 Å². The van der Waals surface area contributed by atoms with Crippen molar-refractivity contribution in [3.8, 4) is 11.8 Å². The molecule has 1 aliphatic rings. The van der Waals surface area contributed by atoms with Crippen molar-refractivity contribution < 1.29 is 9.53 Å². The summed E-state index contributed by atoms with van der Waals surface area (Å²) >= 11 is 0. The van der Waals surface area contributed by atoms with Crippen LogP contribution in [-0.4, -0.2) is 11.0 Å². The van der Waals surface area contributed by atoms with Gasteiger partial charge in [-0.3, -0.25) is 9.47 Å². The third kappa shape index (κ3) is 4.47. The molecule has 0 atom stereocenters. The van der Waals surface area contributed by atoms with E-state index in [4.69, 9.17) is 10.6 Å². The van der Waals surface area contributed by atoms with Crippen molar-refractivity contribution in [1.82, 2.24) is 4.68 Å². The SMILES string of the molecule is C/C(C#N)=C(/Nc1ccc(OC2=CC=CC=CC2)cc1)c1c(C)c(C=O)cn1N. The molecule has 29 heavy (non-hydrogen) atoms. The van der Waals surface area contributed by atoms with Crippen LogP contribution >= 0.6 is 0 Å². The normalized spacial score (nSPS) is 13.8. The van der Waals surface area contributed by atoms with E-state index in [1.54, 1.807) is 20.0 Å². The molecule has 3 rings (SSSR count). The summed E-state index contributed by atoms with van der Waals surface area (Å²) in [6, 6.07) is 9.59. The van der Waals surface area contributed by atoms with Gasteiger partial charge >= 0.3 is 0 Å². The molecular formula is C23H22N4O2. The van der Waals surface area contributed by atoms with Gasteiger partial charge in [-0.25, -0.2) is 0 Å². The molecule has 6 heteroatoms. The van der Waals surface area contributed by atoms with Gasteiger partial charge in [-0.1, -0.05) is 24.3 Å². The van der Waals surface area contributed by atoms with Crippen molar-refractivity contribution in [2.75, 3.05) is 11.2 Å². The second-order valence-corrected chi connectivity index (χ2v) is 6.60. The number of hydrogen-bond acceptors (Lipinski definition) is 5. The average molecular weight is 386 g/mol. The Hall–Kier alpha value is -3.98. The van der Waals surface area contributed by atoms with Crippen LogP contribution in [0.4, 0.5) is 5.69 Å². The lowest BCUT2D eigenvalue weighted by Crippen LogP contribution is -2.15. The van der Waals surface area contributed by atoms with Crippen molar-refractivity contribution >= 4 is 17.7 Å². The molecule has 0 saturated heterocycles. The van der Waals surface area contributed by atoms with E-state index < -0.39 is 0 Å². The van der Waals surface area contributed by atoms with Gasteiger partial charge in [0.15, 0.2) is 6.29 Å². The summed E-state index contributed by atoms with van der Waals surface area (Å²) in [5.41, 5.74) is 3.56. The third-order valence-corrected chi connectivity index (χ3v) is 4.56. The summed E-state index contributed by atoms with van der Waals surface area (Å²) in [5, 5.41) is 12.7. The van der Waals surface area contributed by atoms with E-state index in [1.807, 2.05) is 54.6 Å². The topological polar surface area (TPSA) is 93.1 Å². The van der Waals surface area contributed by atoms with Gasteiger partial charge in [0, 0.05) is 23.9 Å². The molecule has 0 amide bonds. The Labute approximate surface area is 169 Å². The molecular weight excluding hydrogens is 364 g/mol. The van der Waals surface area contributed by atoms with E-state index in [0.717, 1.165) is 29.9 Å². The highest BCUT2D eigenvalue weighted by molar-refractivity contribution is 5.86. The first-order valence-electron chi connectivity index (χ1n) is 9.14. The average Bonchev–Trinajstić information content (AvgIpc) is 2.89. The predicted molar refractivity (Wildman–Crippen MR) is 115 cm³/mol. The van der Waals surface area contributed by atoms with Gasteiger partial charge in [0.25, 0.3) is 0 Å². The first kappa shape index (κ1) is 19.8. The van der Waals surface area contributed by atoms with Crippen molar-refractivity contribution in [2.45, 2.75) is 20.3 Å². The number of nitrogens with two attached hydrogens (primary N) is 1. The maximum atomic E-state index is 11.2. The number of allylic oxidation sites excluding steroid dienone is 6. The van der Waals surface area contributed by atoms with E-state index in [1.165, 1.54) is 4.68 Å². The minimum absolute atomic E-state index is 0.456. The minimum atomic E-state index is 0.456. The van der Waals surface area contributed by atoms with E-state index in [0.29, 0.717) is 28.1 Å². The lowest BCUT2D eigenvalue weighted by atomic mass is 10.1. The fourth-order valence-corrected chi connectivity index (χ4v) is 3.00. The second kappa shape index (κ2) is 8.81. The maximum Gasteiger partial charge on any atom is 0.151 e. The van der Waals surface area contributed by atoms with E-state index in [9.17, 15) is 10.1 Å². The predicted octanol–water partition coefficient (Wildman–Crippen LogP) is 4.47. The third-order valence-electron chi connectivity index (χ3n) is 4.56. The molecule has 3 N–H and O–H groups in total. The van der Waals surface area contributed by atoms with Crippen molar-refractivity contribution in [3.63, 3.8) is 0 Å².